The van der Waals surface area contributed by atoms with Crippen molar-refractivity contribution < 1.29 is 14.3 Å². The number of ether oxygens (including phenoxy) is 1. The van der Waals surface area contributed by atoms with E-state index in [9.17, 15) is 9.59 Å². The Balaban J connectivity index is 1.95. The minimum Gasteiger partial charge on any atom is -0.454 e. The standard InChI is InChI=1S/C13H13NO3S2/c1-3-10-5-14-12(19-10)6-17-13(16)11-4-9(7-18-11)8(2)15/h4-5,7H,3,6H2,1-2H3. The zero-order chi connectivity index (χ0) is 13.8. The Morgan fingerprint density at radius 2 is 2.21 bits per heavy atom. The lowest BCUT2D eigenvalue weighted by Gasteiger charge is -1.99. The van der Waals surface area contributed by atoms with Crippen LogP contribution in [-0.4, -0.2) is 16.7 Å². The lowest BCUT2D eigenvalue weighted by molar-refractivity contribution is 0.0478. The first-order valence-electron chi connectivity index (χ1n) is 5.80. The first-order chi connectivity index (χ1) is 9.10. The van der Waals surface area contributed by atoms with Crippen LogP contribution >= 0.6 is 22.7 Å². The number of rotatable bonds is 5. The fraction of sp³-hybridized carbons (Fsp3) is 0.308. The monoisotopic (exact) mass is 295 g/mol. The van der Waals surface area contributed by atoms with Crippen molar-refractivity contribution in [2.45, 2.75) is 26.9 Å². The predicted molar refractivity (Wildman–Crippen MR) is 74.9 cm³/mol. The summed E-state index contributed by atoms with van der Waals surface area (Å²) in [6, 6.07) is 1.56. The Hall–Kier alpha value is -1.53. The summed E-state index contributed by atoms with van der Waals surface area (Å²) < 4.78 is 5.17. The molecule has 100 valence electrons. The fourth-order valence-corrected chi connectivity index (χ4v) is 3.02. The summed E-state index contributed by atoms with van der Waals surface area (Å²) >= 11 is 2.76. The van der Waals surface area contributed by atoms with Gasteiger partial charge in [-0.3, -0.25) is 4.79 Å². The molecule has 2 aromatic rings. The van der Waals surface area contributed by atoms with Crippen molar-refractivity contribution >= 4 is 34.4 Å². The van der Waals surface area contributed by atoms with Crippen molar-refractivity contribution in [3.8, 4) is 0 Å². The van der Waals surface area contributed by atoms with E-state index >= 15 is 0 Å². The second-order valence-electron chi connectivity index (χ2n) is 3.91. The fourth-order valence-electron chi connectivity index (χ4n) is 1.40. The van der Waals surface area contributed by atoms with Gasteiger partial charge in [-0.15, -0.1) is 22.7 Å². The number of thiazole rings is 1. The van der Waals surface area contributed by atoms with Gasteiger partial charge >= 0.3 is 5.97 Å². The summed E-state index contributed by atoms with van der Waals surface area (Å²) in [7, 11) is 0. The Labute approximate surface area is 119 Å². The molecule has 2 rings (SSSR count). The topological polar surface area (TPSA) is 56.3 Å². The summed E-state index contributed by atoms with van der Waals surface area (Å²) in [5.41, 5.74) is 0.541. The first-order valence-corrected chi connectivity index (χ1v) is 7.50. The highest BCUT2D eigenvalue weighted by molar-refractivity contribution is 7.12. The van der Waals surface area contributed by atoms with Crippen LogP contribution in [-0.2, 0) is 17.8 Å². The SMILES string of the molecule is CCc1cnc(COC(=O)c2cc(C(C)=O)cs2)s1. The molecule has 2 aromatic heterocycles. The molecule has 0 radical (unpaired) electrons. The van der Waals surface area contributed by atoms with Gasteiger partial charge in [0.25, 0.3) is 0 Å². The molecule has 0 unspecified atom stereocenters. The van der Waals surface area contributed by atoms with E-state index < -0.39 is 5.97 Å². The van der Waals surface area contributed by atoms with Crippen LogP contribution in [0, 0.1) is 0 Å². The number of thiophene rings is 1. The number of hydrogen-bond acceptors (Lipinski definition) is 6. The van der Waals surface area contributed by atoms with Crippen LogP contribution in [0.2, 0.25) is 0 Å². The number of carbonyl (C=O) groups excluding carboxylic acids is 2. The van der Waals surface area contributed by atoms with E-state index in [-0.39, 0.29) is 12.4 Å². The quantitative estimate of drug-likeness (QED) is 0.627. The van der Waals surface area contributed by atoms with Crippen LogP contribution in [0.15, 0.2) is 17.6 Å². The molecule has 0 aliphatic heterocycles. The van der Waals surface area contributed by atoms with Crippen LogP contribution in [0.5, 0.6) is 0 Å². The second-order valence-corrected chi connectivity index (χ2v) is 6.02. The molecule has 0 saturated heterocycles. The van der Waals surface area contributed by atoms with Crippen molar-refractivity contribution in [3.63, 3.8) is 0 Å². The summed E-state index contributed by atoms with van der Waals surface area (Å²) in [5.74, 6) is -0.464. The van der Waals surface area contributed by atoms with E-state index in [4.69, 9.17) is 4.74 Å². The molecular weight excluding hydrogens is 282 g/mol. The molecule has 2 heterocycles. The summed E-state index contributed by atoms with van der Waals surface area (Å²) in [6.07, 6.45) is 2.73. The van der Waals surface area contributed by atoms with Crippen LogP contribution in [0.4, 0.5) is 0 Å². The van der Waals surface area contributed by atoms with Gasteiger partial charge in [-0.1, -0.05) is 6.92 Å². The van der Waals surface area contributed by atoms with Gasteiger partial charge in [0.15, 0.2) is 5.78 Å². The molecule has 0 bridgehead atoms. The number of Topliss-reactive ketones (excluding diaryl/α,β-unsaturated/α-hetero) is 1. The first kappa shape index (κ1) is 13.9. The largest absolute Gasteiger partial charge is 0.454 e. The highest BCUT2D eigenvalue weighted by Crippen LogP contribution is 2.18. The van der Waals surface area contributed by atoms with Crippen LogP contribution < -0.4 is 0 Å². The normalized spacial score (nSPS) is 10.4. The molecule has 19 heavy (non-hydrogen) atoms. The van der Waals surface area contributed by atoms with Crippen molar-refractivity contribution in [1.82, 2.24) is 4.98 Å². The van der Waals surface area contributed by atoms with Gasteiger partial charge in [-0.2, -0.15) is 0 Å². The van der Waals surface area contributed by atoms with Crippen LogP contribution in [0.25, 0.3) is 0 Å². The summed E-state index contributed by atoms with van der Waals surface area (Å²) in [4.78, 5) is 28.7. The maximum Gasteiger partial charge on any atom is 0.348 e. The Kier molecular flexibility index (Phi) is 4.44. The molecule has 0 aliphatic rings. The van der Waals surface area contributed by atoms with E-state index in [2.05, 4.69) is 11.9 Å². The molecule has 0 amide bonds. The minimum atomic E-state index is -0.411. The smallest absolute Gasteiger partial charge is 0.348 e. The predicted octanol–water partition coefficient (Wildman–Crippen LogP) is 3.33. The average molecular weight is 295 g/mol. The number of ketones is 1. The number of esters is 1. The number of aromatic nitrogens is 1. The van der Waals surface area contributed by atoms with Crippen molar-refractivity contribution in [2.24, 2.45) is 0 Å². The van der Waals surface area contributed by atoms with Gasteiger partial charge in [0.05, 0.1) is 0 Å². The van der Waals surface area contributed by atoms with Crippen molar-refractivity contribution in [2.75, 3.05) is 0 Å². The van der Waals surface area contributed by atoms with Gasteiger partial charge in [0, 0.05) is 22.0 Å². The van der Waals surface area contributed by atoms with Crippen LogP contribution in [0.1, 0.15) is 43.8 Å². The highest BCUT2D eigenvalue weighted by Gasteiger charge is 2.13. The van der Waals surface area contributed by atoms with Crippen LogP contribution in [0.3, 0.4) is 0 Å². The molecule has 0 atom stereocenters. The molecule has 6 heteroatoms. The number of carbonyl (C=O) groups is 2. The lowest BCUT2D eigenvalue weighted by atomic mass is 10.2. The number of hydrogen-bond donors (Lipinski definition) is 0. The average Bonchev–Trinajstić information content (AvgIpc) is 3.04. The van der Waals surface area contributed by atoms with Crippen molar-refractivity contribution in [3.05, 3.63) is 38.0 Å². The van der Waals surface area contributed by atoms with E-state index in [0.29, 0.717) is 10.4 Å². The Morgan fingerprint density at radius 1 is 1.42 bits per heavy atom. The Morgan fingerprint density at radius 3 is 2.79 bits per heavy atom. The minimum absolute atomic E-state index is 0.0530. The van der Waals surface area contributed by atoms with Gasteiger partial charge in [0.2, 0.25) is 0 Å². The Bertz CT molecular complexity index is 601. The zero-order valence-electron chi connectivity index (χ0n) is 10.6. The summed E-state index contributed by atoms with van der Waals surface area (Å²) in [5, 5.41) is 2.45. The number of nitrogens with zero attached hydrogens (tertiary/aromatic N) is 1. The molecule has 0 saturated carbocycles. The molecular formula is C13H13NO3S2. The zero-order valence-corrected chi connectivity index (χ0v) is 12.3. The third-order valence-corrected chi connectivity index (χ3v) is 4.51. The molecule has 0 aromatic carbocycles. The highest BCUT2D eigenvalue weighted by atomic mass is 32.1. The van der Waals surface area contributed by atoms with E-state index in [1.165, 1.54) is 23.1 Å². The molecule has 0 aliphatic carbocycles. The number of aryl methyl sites for hydroxylation is 1. The van der Waals surface area contributed by atoms with Gasteiger partial charge in [-0.05, 0) is 19.4 Å². The van der Waals surface area contributed by atoms with E-state index in [1.54, 1.807) is 29.0 Å². The summed E-state index contributed by atoms with van der Waals surface area (Å²) in [6.45, 7) is 3.70. The van der Waals surface area contributed by atoms with Gasteiger partial charge < -0.3 is 4.74 Å². The molecule has 0 spiro atoms. The molecule has 4 nitrogen and oxygen atoms in total. The van der Waals surface area contributed by atoms with Gasteiger partial charge in [0.1, 0.15) is 16.5 Å². The third-order valence-electron chi connectivity index (χ3n) is 2.48. The maximum atomic E-state index is 11.8. The van der Waals surface area contributed by atoms with Crippen molar-refractivity contribution in [1.29, 1.82) is 0 Å². The maximum absolute atomic E-state index is 11.8. The van der Waals surface area contributed by atoms with E-state index in [0.717, 1.165) is 11.4 Å². The van der Waals surface area contributed by atoms with Gasteiger partial charge in [-0.25, -0.2) is 9.78 Å². The van der Waals surface area contributed by atoms with E-state index in [1.807, 2.05) is 0 Å². The second kappa shape index (κ2) is 6.08. The lowest BCUT2D eigenvalue weighted by Crippen LogP contribution is -2.03. The molecule has 0 N–H and O–H groups in total. The molecule has 0 fully saturated rings. The third kappa shape index (κ3) is 3.48.